The van der Waals surface area contributed by atoms with E-state index < -0.39 is 121 Å². The van der Waals surface area contributed by atoms with Crippen molar-refractivity contribution in [3.63, 3.8) is 0 Å². The molecule has 0 saturated carbocycles. The molecular formula is C50H82O17. The van der Waals surface area contributed by atoms with Crippen molar-refractivity contribution >= 4 is 5.97 Å². The van der Waals surface area contributed by atoms with E-state index in [0.29, 0.717) is 12.0 Å². The lowest BCUT2D eigenvalue weighted by molar-refractivity contribution is -0.366. The predicted molar refractivity (Wildman–Crippen MR) is 247 cm³/mol. The Morgan fingerprint density at radius 3 is 2.18 bits per heavy atom. The second-order valence-electron chi connectivity index (χ2n) is 19.5. The number of rotatable bonds is 12. The standard InChI is InChI=1S/C50H82O17/c1-27-15-14-18-37(52)39(60-11)23-41(65-48(56)30(4)21-28(2)16-13-17-29(3)36(51)20-19-27)46(55)50(58)32(6)44(53)31(5)38(67-50)22-35(26-59-10)64-43-25-49(9,57)47(34(8)63-43)66-42-24-40(61-12)45(54)33(7)62-42/h13,15-17,19-21,29,31-47,51-55,57-58H,14,18,22-26H2,1-12H3/b17-13+,20-19+,27-15+,28-16+,30-21+/t29-,31+,32-,33-,34+,35-,36-,37+,38-,39+,40-,41+,42+,43+,44+,45-,46-,47+,49+,50-/m1/s1. The Morgan fingerprint density at radius 1 is 0.866 bits per heavy atom. The maximum absolute atomic E-state index is 13.8. The SMILES string of the molecule is COC[C@@H](C[C@H]1O[C@@](O)([C@H](O)[C@@H]2C[C@H](OC)[C@@H](O)CC/C=C(C)/C=C/[C@@H](O)[C@H](C)/C=C/C=C(C)/C=C(\C)C(=O)O2)[C@H](C)[C@@H](O)[C@H]1C)O[C@H]1C[C@](C)(O)[C@@H](O[C@H]2C[C@@H](OC)[C@H](O)[C@@H](C)O2)[C@H](C)O1. The average molecular weight is 955 g/mol. The van der Waals surface area contributed by atoms with Crippen LogP contribution in [0.25, 0.3) is 0 Å². The minimum Gasteiger partial charge on any atom is -0.456 e. The van der Waals surface area contributed by atoms with E-state index in [4.69, 9.17) is 42.6 Å². The number of hydrogen-bond acceptors (Lipinski definition) is 17. The number of aliphatic hydroxyl groups excluding tert-OH is 5. The van der Waals surface area contributed by atoms with Crippen LogP contribution >= 0.6 is 0 Å². The first-order chi connectivity index (χ1) is 31.4. The summed E-state index contributed by atoms with van der Waals surface area (Å²) in [7, 11) is 4.38. The maximum atomic E-state index is 13.8. The quantitative estimate of drug-likeness (QED) is 0.138. The summed E-state index contributed by atoms with van der Waals surface area (Å²) in [5.41, 5.74) is 0.303. The summed E-state index contributed by atoms with van der Waals surface area (Å²) in [5, 5.41) is 80.6. The highest BCUT2D eigenvalue weighted by molar-refractivity contribution is 5.88. The molecule has 4 aliphatic heterocycles. The van der Waals surface area contributed by atoms with E-state index in [0.717, 1.165) is 5.57 Å². The van der Waals surface area contributed by atoms with Gasteiger partial charge in [0.15, 0.2) is 12.6 Å². The molecule has 0 bridgehead atoms. The van der Waals surface area contributed by atoms with Crippen LogP contribution in [0.2, 0.25) is 0 Å². The van der Waals surface area contributed by atoms with Crippen LogP contribution in [-0.2, 0) is 47.4 Å². The van der Waals surface area contributed by atoms with Gasteiger partial charge in [-0.05, 0) is 60.5 Å². The number of carbonyl (C=O) groups excluding carboxylic acids is 1. The lowest BCUT2D eigenvalue weighted by Crippen LogP contribution is -2.66. The maximum Gasteiger partial charge on any atom is 0.334 e. The van der Waals surface area contributed by atoms with Gasteiger partial charge in [-0.2, -0.15) is 0 Å². The third-order valence-electron chi connectivity index (χ3n) is 13.9. The van der Waals surface area contributed by atoms with Gasteiger partial charge in [-0.25, -0.2) is 4.79 Å². The second-order valence-corrected chi connectivity index (χ2v) is 19.5. The molecule has 384 valence electrons. The highest BCUT2D eigenvalue weighted by Crippen LogP contribution is 2.43. The Balaban J connectivity index is 1.57. The fourth-order valence-electron chi connectivity index (χ4n) is 9.43. The molecule has 0 aromatic rings. The molecule has 3 fully saturated rings. The number of aliphatic hydroxyl groups is 7. The van der Waals surface area contributed by atoms with Crippen LogP contribution < -0.4 is 0 Å². The van der Waals surface area contributed by atoms with Gasteiger partial charge in [-0.3, -0.25) is 0 Å². The number of methoxy groups -OCH3 is 3. The molecule has 0 aromatic carbocycles. The van der Waals surface area contributed by atoms with Crippen LogP contribution in [0.15, 0.2) is 59.3 Å². The van der Waals surface area contributed by atoms with Crippen molar-refractivity contribution in [2.24, 2.45) is 17.8 Å². The highest BCUT2D eigenvalue weighted by Gasteiger charge is 2.57. The minimum atomic E-state index is -2.50. The van der Waals surface area contributed by atoms with Gasteiger partial charge in [0.05, 0.1) is 67.1 Å². The lowest BCUT2D eigenvalue weighted by atomic mass is 9.76. The fraction of sp³-hybridized carbons (Fsp3) is 0.780. The van der Waals surface area contributed by atoms with Crippen molar-refractivity contribution in [2.75, 3.05) is 27.9 Å². The van der Waals surface area contributed by atoms with Crippen LogP contribution in [0.5, 0.6) is 0 Å². The Labute approximate surface area is 397 Å². The molecule has 4 rings (SSSR count). The van der Waals surface area contributed by atoms with E-state index in [1.54, 1.807) is 65.8 Å². The van der Waals surface area contributed by atoms with Crippen molar-refractivity contribution < 1.29 is 83.2 Å². The lowest BCUT2D eigenvalue weighted by Gasteiger charge is -2.51. The molecule has 20 atom stereocenters. The van der Waals surface area contributed by atoms with Crippen LogP contribution in [0, 0.1) is 17.8 Å². The van der Waals surface area contributed by atoms with Gasteiger partial charge in [0, 0.05) is 70.3 Å². The number of hydrogen-bond donors (Lipinski definition) is 7. The Morgan fingerprint density at radius 2 is 1.54 bits per heavy atom. The summed E-state index contributed by atoms with van der Waals surface area (Å²) >= 11 is 0. The number of cyclic esters (lactones) is 1. The largest absolute Gasteiger partial charge is 0.456 e. The van der Waals surface area contributed by atoms with Gasteiger partial charge < -0.3 is 78.4 Å². The van der Waals surface area contributed by atoms with Crippen molar-refractivity contribution in [2.45, 2.75) is 204 Å². The first kappa shape index (κ1) is 57.2. The first-order valence-corrected chi connectivity index (χ1v) is 23.7. The molecule has 0 aliphatic carbocycles. The molecule has 17 nitrogen and oxygen atoms in total. The zero-order valence-electron chi connectivity index (χ0n) is 41.6. The van der Waals surface area contributed by atoms with Gasteiger partial charge in [0.25, 0.3) is 0 Å². The first-order valence-electron chi connectivity index (χ1n) is 23.7. The molecular weight excluding hydrogens is 873 g/mol. The molecule has 67 heavy (non-hydrogen) atoms. The van der Waals surface area contributed by atoms with Gasteiger partial charge in [0.1, 0.15) is 24.4 Å². The van der Waals surface area contributed by atoms with E-state index >= 15 is 0 Å². The zero-order valence-corrected chi connectivity index (χ0v) is 41.6. The average Bonchev–Trinajstić information content (AvgIpc) is 3.26. The van der Waals surface area contributed by atoms with Crippen LogP contribution in [0.3, 0.4) is 0 Å². The Hall–Kier alpha value is -2.43. The molecule has 3 saturated heterocycles. The Bertz CT molecular complexity index is 1710. The molecule has 0 radical (unpaired) electrons. The molecule has 17 heteroatoms. The molecule has 0 unspecified atom stereocenters. The molecule has 0 aromatic heterocycles. The van der Waals surface area contributed by atoms with Gasteiger partial charge in [0.2, 0.25) is 5.79 Å². The smallest absolute Gasteiger partial charge is 0.334 e. The van der Waals surface area contributed by atoms with Crippen LogP contribution in [-0.4, -0.2) is 173 Å². The third kappa shape index (κ3) is 15.3. The molecule has 7 N–H and O–H groups in total. The minimum absolute atomic E-state index is 0.0139. The van der Waals surface area contributed by atoms with E-state index in [1.165, 1.54) is 28.3 Å². The third-order valence-corrected chi connectivity index (χ3v) is 13.9. The topological polar surface area (TPSA) is 242 Å². The summed E-state index contributed by atoms with van der Waals surface area (Å²) in [6.07, 6.45) is -1.19. The number of allylic oxidation sites excluding steroid dienone is 7. The molecule has 0 spiro atoms. The predicted octanol–water partition coefficient (Wildman–Crippen LogP) is 3.69. The van der Waals surface area contributed by atoms with Gasteiger partial charge in [-0.1, -0.05) is 68.4 Å². The summed E-state index contributed by atoms with van der Waals surface area (Å²) in [6, 6.07) is 0. The van der Waals surface area contributed by atoms with Crippen molar-refractivity contribution in [1.29, 1.82) is 0 Å². The van der Waals surface area contributed by atoms with E-state index in [1.807, 2.05) is 32.1 Å². The second kappa shape index (κ2) is 25.6. The summed E-state index contributed by atoms with van der Waals surface area (Å²) in [6.45, 7) is 15.5. The normalized spacial score (nSPS) is 45.5. The summed E-state index contributed by atoms with van der Waals surface area (Å²) in [4.78, 5) is 13.8. The number of esters is 1. The monoisotopic (exact) mass is 955 g/mol. The van der Waals surface area contributed by atoms with Crippen molar-refractivity contribution in [3.8, 4) is 0 Å². The number of ether oxygens (including phenoxy) is 9. The summed E-state index contributed by atoms with van der Waals surface area (Å²) < 4.78 is 53.9. The number of carbonyl (C=O) groups is 1. The molecule has 4 heterocycles. The zero-order chi connectivity index (χ0) is 50.0. The van der Waals surface area contributed by atoms with Crippen molar-refractivity contribution in [1.82, 2.24) is 0 Å². The van der Waals surface area contributed by atoms with Crippen LogP contribution in [0.4, 0.5) is 0 Å². The molecule has 4 aliphatic rings. The fourth-order valence-corrected chi connectivity index (χ4v) is 9.43. The van der Waals surface area contributed by atoms with Gasteiger partial charge >= 0.3 is 5.97 Å². The highest BCUT2D eigenvalue weighted by atomic mass is 16.7. The van der Waals surface area contributed by atoms with Crippen molar-refractivity contribution in [3.05, 3.63) is 59.3 Å². The van der Waals surface area contributed by atoms with E-state index in [2.05, 4.69) is 0 Å². The van der Waals surface area contributed by atoms with E-state index in [-0.39, 0.29) is 50.2 Å². The Kier molecular flexibility index (Phi) is 21.8. The van der Waals surface area contributed by atoms with Crippen LogP contribution in [0.1, 0.15) is 101 Å². The van der Waals surface area contributed by atoms with E-state index in [9.17, 15) is 40.5 Å². The van der Waals surface area contributed by atoms with Gasteiger partial charge in [-0.15, -0.1) is 0 Å². The summed E-state index contributed by atoms with van der Waals surface area (Å²) in [5.74, 6) is -5.22. The molecule has 0 amide bonds.